The number of carbonyl (C=O) groups is 1. The Balaban J connectivity index is 1.96. The second-order valence-electron chi connectivity index (χ2n) is 4.96. The van der Waals surface area contributed by atoms with Crippen molar-refractivity contribution in [3.63, 3.8) is 0 Å². The SMILES string of the molecule is O=CNc1cc2cc(-c3c(Br)c(F)cc4[nH]ncc34)ccn2n1. The third-order valence-electron chi connectivity index (χ3n) is 3.60. The van der Waals surface area contributed by atoms with Gasteiger partial charge < -0.3 is 5.32 Å². The molecule has 0 aliphatic heterocycles. The molecule has 0 atom stereocenters. The summed E-state index contributed by atoms with van der Waals surface area (Å²) in [6, 6.07) is 6.84. The number of aromatic amines is 1. The minimum atomic E-state index is -0.367. The molecule has 23 heavy (non-hydrogen) atoms. The molecule has 6 nitrogen and oxygen atoms in total. The van der Waals surface area contributed by atoms with E-state index in [1.807, 2.05) is 12.1 Å². The molecule has 2 N–H and O–H groups in total. The van der Waals surface area contributed by atoms with E-state index in [4.69, 9.17) is 0 Å². The molecule has 0 spiro atoms. The molecule has 8 heteroatoms. The van der Waals surface area contributed by atoms with Crippen molar-refractivity contribution in [3.8, 4) is 11.1 Å². The highest BCUT2D eigenvalue weighted by Gasteiger charge is 2.15. The molecule has 0 saturated heterocycles. The fraction of sp³-hybridized carbons (Fsp3) is 0. The van der Waals surface area contributed by atoms with Gasteiger partial charge in [-0.15, -0.1) is 0 Å². The maximum absolute atomic E-state index is 14.1. The van der Waals surface area contributed by atoms with Crippen LogP contribution in [0.25, 0.3) is 27.5 Å². The van der Waals surface area contributed by atoms with E-state index >= 15 is 0 Å². The Morgan fingerprint density at radius 2 is 2.22 bits per heavy atom. The van der Waals surface area contributed by atoms with Gasteiger partial charge >= 0.3 is 0 Å². The predicted octanol–water partition coefficient (Wildman–Crippen LogP) is 3.35. The number of carbonyl (C=O) groups excluding carboxylic acids is 1. The molecule has 0 saturated carbocycles. The molecular formula is C15H9BrFN5O. The standard InChI is InChI=1S/C15H9BrFN5O/c16-15-11(17)5-12-10(6-19-20-12)14(15)8-1-2-22-9(3-8)4-13(21-22)18-7-23/h1-7H,(H,19,20)(H,18,21,23). The summed E-state index contributed by atoms with van der Waals surface area (Å²) >= 11 is 3.32. The zero-order chi connectivity index (χ0) is 16.0. The summed E-state index contributed by atoms with van der Waals surface area (Å²) in [6.45, 7) is 0. The summed E-state index contributed by atoms with van der Waals surface area (Å²) in [5.41, 5.74) is 2.92. The molecule has 0 radical (unpaired) electrons. The van der Waals surface area contributed by atoms with E-state index in [1.54, 1.807) is 23.0 Å². The second kappa shape index (κ2) is 5.17. The number of benzene rings is 1. The number of nitrogens with zero attached hydrogens (tertiary/aromatic N) is 3. The third kappa shape index (κ3) is 2.18. The Morgan fingerprint density at radius 3 is 3.04 bits per heavy atom. The first-order valence-electron chi connectivity index (χ1n) is 6.68. The van der Waals surface area contributed by atoms with Crippen molar-refractivity contribution in [2.24, 2.45) is 0 Å². The van der Waals surface area contributed by atoms with Crippen molar-refractivity contribution in [2.45, 2.75) is 0 Å². The molecule has 3 aromatic heterocycles. The number of rotatable bonds is 3. The van der Waals surface area contributed by atoms with Gasteiger partial charge in [-0.3, -0.25) is 9.89 Å². The first-order valence-corrected chi connectivity index (χ1v) is 7.48. The lowest BCUT2D eigenvalue weighted by Gasteiger charge is -2.08. The molecule has 0 aliphatic carbocycles. The number of halogens is 2. The number of H-pyrrole nitrogens is 1. The first-order chi connectivity index (χ1) is 11.2. The van der Waals surface area contributed by atoms with E-state index in [9.17, 15) is 9.18 Å². The molecule has 4 rings (SSSR count). The van der Waals surface area contributed by atoms with Crippen molar-refractivity contribution in [3.05, 3.63) is 46.9 Å². The summed E-state index contributed by atoms with van der Waals surface area (Å²) in [5.74, 6) is 0.0809. The van der Waals surface area contributed by atoms with E-state index in [0.29, 0.717) is 27.8 Å². The van der Waals surface area contributed by atoms with E-state index in [2.05, 4.69) is 36.5 Å². The van der Waals surface area contributed by atoms with Gasteiger partial charge in [0, 0.05) is 29.3 Å². The molecule has 0 aliphatic rings. The normalized spacial score (nSPS) is 11.2. The molecule has 4 aromatic rings. The summed E-state index contributed by atoms with van der Waals surface area (Å²) in [4.78, 5) is 10.5. The maximum Gasteiger partial charge on any atom is 0.212 e. The molecular weight excluding hydrogens is 365 g/mol. The highest BCUT2D eigenvalue weighted by atomic mass is 79.9. The quantitative estimate of drug-likeness (QED) is 0.540. The lowest BCUT2D eigenvalue weighted by Crippen LogP contribution is -1.94. The minimum Gasteiger partial charge on any atom is -0.312 e. The molecule has 1 amide bonds. The number of nitrogens with one attached hydrogen (secondary N) is 2. The smallest absolute Gasteiger partial charge is 0.212 e. The van der Waals surface area contributed by atoms with Crippen molar-refractivity contribution >= 4 is 44.6 Å². The second-order valence-corrected chi connectivity index (χ2v) is 5.75. The van der Waals surface area contributed by atoms with Crippen LogP contribution in [-0.4, -0.2) is 26.2 Å². The maximum atomic E-state index is 14.1. The molecule has 0 unspecified atom stereocenters. The van der Waals surface area contributed by atoms with Crippen LogP contribution in [0.3, 0.4) is 0 Å². The summed E-state index contributed by atoms with van der Waals surface area (Å²) in [6.07, 6.45) is 3.99. The van der Waals surface area contributed by atoms with Gasteiger partial charge in [0.15, 0.2) is 5.82 Å². The molecule has 0 bridgehead atoms. The number of amides is 1. The van der Waals surface area contributed by atoms with Crippen LogP contribution in [0.2, 0.25) is 0 Å². The lowest BCUT2D eigenvalue weighted by molar-refractivity contribution is -0.105. The van der Waals surface area contributed by atoms with Gasteiger partial charge in [0.1, 0.15) is 5.82 Å². The first kappa shape index (κ1) is 13.9. The lowest BCUT2D eigenvalue weighted by atomic mass is 10.0. The molecule has 1 aromatic carbocycles. The average Bonchev–Trinajstić information content (AvgIpc) is 3.14. The van der Waals surface area contributed by atoms with E-state index in [0.717, 1.165) is 16.5 Å². The van der Waals surface area contributed by atoms with Crippen molar-refractivity contribution in [1.29, 1.82) is 0 Å². The average molecular weight is 374 g/mol. The Morgan fingerprint density at radius 1 is 1.35 bits per heavy atom. The number of fused-ring (bicyclic) bond motifs is 2. The molecule has 3 heterocycles. The Labute approximate surface area is 137 Å². The van der Waals surface area contributed by atoms with Crippen molar-refractivity contribution in [1.82, 2.24) is 19.8 Å². The van der Waals surface area contributed by atoms with Gasteiger partial charge in [0.05, 0.1) is 21.7 Å². The van der Waals surface area contributed by atoms with Gasteiger partial charge in [-0.25, -0.2) is 8.91 Å². The largest absolute Gasteiger partial charge is 0.312 e. The zero-order valence-corrected chi connectivity index (χ0v) is 13.1. The number of pyridine rings is 1. The topological polar surface area (TPSA) is 75.1 Å². The zero-order valence-electron chi connectivity index (χ0n) is 11.5. The fourth-order valence-corrected chi connectivity index (χ4v) is 3.15. The summed E-state index contributed by atoms with van der Waals surface area (Å²) < 4.78 is 16.1. The monoisotopic (exact) mass is 373 g/mol. The fourth-order valence-electron chi connectivity index (χ4n) is 2.60. The van der Waals surface area contributed by atoms with Crippen LogP contribution in [0.15, 0.2) is 41.1 Å². The van der Waals surface area contributed by atoms with Crippen molar-refractivity contribution in [2.75, 3.05) is 5.32 Å². The van der Waals surface area contributed by atoms with Gasteiger partial charge in [-0.05, 0) is 33.6 Å². The van der Waals surface area contributed by atoms with Crippen LogP contribution in [0.4, 0.5) is 10.2 Å². The highest BCUT2D eigenvalue weighted by molar-refractivity contribution is 9.10. The van der Waals surface area contributed by atoms with Crippen LogP contribution >= 0.6 is 15.9 Å². The summed E-state index contributed by atoms with van der Waals surface area (Å²) in [7, 11) is 0. The van der Waals surface area contributed by atoms with E-state index in [1.165, 1.54) is 6.07 Å². The van der Waals surface area contributed by atoms with Gasteiger partial charge in [0.25, 0.3) is 0 Å². The van der Waals surface area contributed by atoms with Crippen LogP contribution in [0, 0.1) is 5.82 Å². The Kier molecular flexibility index (Phi) is 3.12. The van der Waals surface area contributed by atoms with Gasteiger partial charge in [-0.1, -0.05) is 0 Å². The Bertz CT molecular complexity index is 1050. The number of hydrogen-bond donors (Lipinski definition) is 2. The molecule has 0 fully saturated rings. The van der Waals surface area contributed by atoms with Gasteiger partial charge in [-0.2, -0.15) is 10.2 Å². The van der Waals surface area contributed by atoms with Gasteiger partial charge in [0.2, 0.25) is 6.41 Å². The number of hydrogen-bond acceptors (Lipinski definition) is 3. The van der Waals surface area contributed by atoms with Crippen LogP contribution < -0.4 is 5.32 Å². The summed E-state index contributed by atoms with van der Waals surface area (Å²) in [5, 5.41) is 14.3. The predicted molar refractivity (Wildman–Crippen MR) is 87.6 cm³/mol. The minimum absolute atomic E-state index is 0.367. The van der Waals surface area contributed by atoms with E-state index < -0.39 is 0 Å². The number of anilines is 1. The van der Waals surface area contributed by atoms with Crippen molar-refractivity contribution < 1.29 is 9.18 Å². The van der Waals surface area contributed by atoms with Crippen LogP contribution in [-0.2, 0) is 4.79 Å². The van der Waals surface area contributed by atoms with Crippen LogP contribution in [0.5, 0.6) is 0 Å². The number of aromatic nitrogens is 4. The van der Waals surface area contributed by atoms with Crippen LogP contribution in [0.1, 0.15) is 0 Å². The Hall–Kier alpha value is -2.74. The molecule has 114 valence electrons. The van der Waals surface area contributed by atoms with E-state index in [-0.39, 0.29) is 5.82 Å². The third-order valence-corrected chi connectivity index (χ3v) is 4.37. The highest BCUT2D eigenvalue weighted by Crippen LogP contribution is 2.37.